The normalized spacial score (nSPS) is 11.8. The second kappa shape index (κ2) is 9.47. The molecule has 3 rings (SSSR count). The molecule has 1 atom stereocenters. The van der Waals surface area contributed by atoms with Gasteiger partial charge in [0.1, 0.15) is 11.1 Å². The van der Waals surface area contributed by atoms with Gasteiger partial charge in [0, 0.05) is 25.0 Å². The minimum Gasteiger partial charge on any atom is -0.497 e. The molecule has 1 aromatic heterocycles. The van der Waals surface area contributed by atoms with Crippen LogP contribution in [0.1, 0.15) is 23.7 Å². The first-order valence-corrected chi connectivity index (χ1v) is 9.74. The van der Waals surface area contributed by atoms with E-state index in [9.17, 15) is 4.79 Å². The Morgan fingerprint density at radius 2 is 1.79 bits per heavy atom. The molecule has 0 saturated heterocycles. The maximum absolute atomic E-state index is 12.7. The van der Waals surface area contributed by atoms with Gasteiger partial charge >= 0.3 is 0 Å². The van der Waals surface area contributed by atoms with E-state index in [1.165, 1.54) is 0 Å². The second-order valence-corrected chi connectivity index (χ2v) is 7.43. The average molecular weight is 397 g/mol. The number of nitrogens with zero attached hydrogens (tertiary/aromatic N) is 2. The van der Waals surface area contributed by atoms with Crippen LogP contribution in [-0.2, 0) is 24.4 Å². The topological polar surface area (TPSA) is 34.5 Å². The van der Waals surface area contributed by atoms with E-state index in [1.54, 1.807) is 14.0 Å². The van der Waals surface area contributed by atoms with Crippen LogP contribution in [0.4, 0.5) is 0 Å². The molecule has 0 spiro atoms. The number of aromatic nitrogens is 1. The molecule has 0 N–H and O–H groups in total. The number of hydrogen-bond donors (Lipinski definition) is 0. The van der Waals surface area contributed by atoms with Crippen molar-refractivity contribution in [3.63, 3.8) is 0 Å². The maximum Gasteiger partial charge on any atom is 0.240 e. The Hall–Kier alpha value is -2.72. The van der Waals surface area contributed by atoms with Crippen LogP contribution >= 0.6 is 11.6 Å². The largest absolute Gasteiger partial charge is 0.497 e. The Bertz CT molecular complexity index is 906. The molecule has 0 fully saturated rings. The number of hydrogen-bond acceptors (Lipinski definition) is 2. The van der Waals surface area contributed by atoms with Gasteiger partial charge in [0.15, 0.2) is 0 Å². The SMILES string of the molecule is COc1cccc(Cn2cccc2CN(Cc2ccccc2)C(=O)[C@H](C)Cl)c1. The number of rotatable bonds is 8. The molecule has 28 heavy (non-hydrogen) atoms. The summed E-state index contributed by atoms with van der Waals surface area (Å²) < 4.78 is 7.47. The number of amides is 1. The van der Waals surface area contributed by atoms with E-state index in [0.29, 0.717) is 19.6 Å². The van der Waals surface area contributed by atoms with Crippen LogP contribution in [0, 0.1) is 0 Å². The monoisotopic (exact) mass is 396 g/mol. The summed E-state index contributed by atoms with van der Waals surface area (Å²) in [6, 6.07) is 22.0. The Morgan fingerprint density at radius 1 is 1.04 bits per heavy atom. The number of ether oxygens (including phenoxy) is 1. The molecule has 0 saturated carbocycles. The standard InChI is InChI=1S/C23H25ClN2O2/c1-18(24)23(27)26(15-19-8-4-3-5-9-19)17-21-11-7-13-25(21)16-20-10-6-12-22(14-20)28-2/h3-14,18H,15-17H2,1-2H3/t18-/m0/s1. The van der Waals surface area contributed by atoms with E-state index < -0.39 is 5.38 Å². The van der Waals surface area contributed by atoms with Gasteiger partial charge < -0.3 is 14.2 Å². The van der Waals surface area contributed by atoms with Gasteiger partial charge in [-0.2, -0.15) is 0 Å². The van der Waals surface area contributed by atoms with Crippen molar-refractivity contribution in [2.75, 3.05) is 7.11 Å². The van der Waals surface area contributed by atoms with Crippen molar-refractivity contribution in [3.8, 4) is 5.75 Å². The molecule has 1 amide bonds. The predicted molar refractivity (Wildman–Crippen MR) is 113 cm³/mol. The Balaban J connectivity index is 1.79. The van der Waals surface area contributed by atoms with E-state index in [2.05, 4.69) is 10.6 Å². The number of benzene rings is 2. The van der Waals surface area contributed by atoms with Gasteiger partial charge in [0.2, 0.25) is 5.91 Å². The van der Waals surface area contributed by atoms with E-state index in [0.717, 1.165) is 22.6 Å². The quantitative estimate of drug-likeness (QED) is 0.517. The molecule has 5 heteroatoms. The maximum atomic E-state index is 12.7. The summed E-state index contributed by atoms with van der Waals surface area (Å²) in [5.74, 6) is 0.766. The fraction of sp³-hybridized carbons (Fsp3) is 0.261. The summed E-state index contributed by atoms with van der Waals surface area (Å²) >= 11 is 6.12. The number of methoxy groups -OCH3 is 1. The fourth-order valence-electron chi connectivity index (χ4n) is 3.18. The first-order valence-electron chi connectivity index (χ1n) is 9.30. The fourth-order valence-corrected chi connectivity index (χ4v) is 3.32. The van der Waals surface area contributed by atoms with Crippen LogP contribution in [0.2, 0.25) is 0 Å². The van der Waals surface area contributed by atoms with Gasteiger partial charge in [-0.15, -0.1) is 11.6 Å². The molecule has 0 aliphatic heterocycles. The molecule has 0 aliphatic carbocycles. The van der Waals surface area contributed by atoms with Crippen molar-refractivity contribution in [2.24, 2.45) is 0 Å². The van der Waals surface area contributed by atoms with Crippen molar-refractivity contribution in [1.82, 2.24) is 9.47 Å². The molecule has 0 unspecified atom stereocenters. The second-order valence-electron chi connectivity index (χ2n) is 6.77. The lowest BCUT2D eigenvalue weighted by Gasteiger charge is -2.25. The minimum atomic E-state index is -0.564. The van der Waals surface area contributed by atoms with Crippen LogP contribution < -0.4 is 4.74 Å². The zero-order valence-electron chi connectivity index (χ0n) is 16.2. The molecule has 4 nitrogen and oxygen atoms in total. The van der Waals surface area contributed by atoms with Crippen molar-refractivity contribution in [1.29, 1.82) is 0 Å². The van der Waals surface area contributed by atoms with Crippen LogP contribution in [0.5, 0.6) is 5.75 Å². The molecular weight excluding hydrogens is 372 g/mol. The summed E-state index contributed by atoms with van der Waals surface area (Å²) in [7, 11) is 1.67. The van der Waals surface area contributed by atoms with Gasteiger partial charge in [-0.05, 0) is 42.3 Å². The van der Waals surface area contributed by atoms with E-state index in [-0.39, 0.29) is 5.91 Å². The van der Waals surface area contributed by atoms with Crippen molar-refractivity contribution >= 4 is 17.5 Å². The number of halogens is 1. The number of carbonyl (C=O) groups excluding carboxylic acids is 1. The van der Waals surface area contributed by atoms with Gasteiger partial charge in [-0.25, -0.2) is 0 Å². The highest BCUT2D eigenvalue weighted by atomic mass is 35.5. The molecule has 0 radical (unpaired) electrons. The zero-order valence-corrected chi connectivity index (χ0v) is 17.0. The smallest absolute Gasteiger partial charge is 0.240 e. The predicted octanol–water partition coefficient (Wildman–Crippen LogP) is 4.70. The average Bonchev–Trinajstić information content (AvgIpc) is 3.14. The minimum absolute atomic E-state index is 0.0698. The lowest BCUT2D eigenvalue weighted by atomic mass is 10.2. The Morgan fingerprint density at radius 3 is 2.50 bits per heavy atom. The van der Waals surface area contributed by atoms with Crippen molar-refractivity contribution in [2.45, 2.75) is 31.9 Å². The summed E-state index contributed by atoms with van der Waals surface area (Å²) in [5, 5.41) is -0.564. The van der Waals surface area contributed by atoms with Gasteiger partial charge in [-0.3, -0.25) is 4.79 Å². The molecule has 146 valence electrons. The van der Waals surface area contributed by atoms with E-state index >= 15 is 0 Å². The lowest BCUT2D eigenvalue weighted by molar-refractivity contribution is -0.131. The zero-order chi connectivity index (χ0) is 19.9. The third-order valence-corrected chi connectivity index (χ3v) is 4.82. The van der Waals surface area contributed by atoms with E-state index in [4.69, 9.17) is 16.3 Å². The van der Waals surface area contributed by atoms with Gasteiger partial charge in [-0.1, -0.05) is 42.5 Å². The van der Waals surface area contributed by atoms with Crippen LogP contribution in [-0.4, -0.2) is 27.9 Å². The van der Waals surface area contributed by atoms with Crippen molar-refractivity contribution < 1.29 is 9.53 Å². The van der Waals surface area contributed by atoms with Crippen LogP contribution in [0.25, 0.3) is 0 Å². The first-order chi connectivity index (χ1) is 13.6. The number of carbonyl (C=O) groups is 1. The Labute approximate surface area is 171 Å². The third-order valence-electron chi connectivity index (χ3n) is 4.63. The van der Waals surface area contributed by atoms with E-state index in [1.807, 2.05) is 71.8 Å². The highest BCUT2D eigenvalue weighted by Crippen LogP contribution is 2.18. The first kappa shape index (κ1) is 20.0. The van der Waals surface area contributed by atoms with Gasteiger partial charge in [0.25, 0.3) is 0 Å². The lowest BCUT2D eigenvalue weighted by Crippen LogP contribution is -2.35. The van der Waals surface area contributed by atoms with Crippen LogP contribution in [0.3, 0.4) is 0 Å². The highest BCUT2D eigenvalue weighted by molar-refractivity contribution is 6.30. The summed E-state index contributed by atoms with van der Waals surface area (Å²) in [5.41, 5.74) is 3.28. The molecule has 2 aromatic carbocycles. The summed E-state index contributed by atoms with van der Waals surface area (Å²) in [6.07, 6.45) is 2.03. The van der Waals surface area contributed by atoms with Crippen LogP contribution in [0.15, 0.2) is 72.9 Å². The third kappa shape index (κ3) is 5.17. The highest BCUT2D eigenvalue weighted by Gasteiger charge is 2.20. The number of alkyl halides is 1. The van der Waals surface area contributed by atoms with Crippen molar-refractivity contribution in [3.05, 3.63) is 89.7 Å². The molecule has 0 bridgehead atoms. The molecule has 0 aliphatic rings. The summed E-state index contributed by atoms with van der Waals surface area (Å²) in [4.78, 5) is 14.5. The molecule has 1 heterocycles. The molecular formula is C23H25ClN2O2. The molecule has 3 aromatic rings. The Kier molecular flexibility index (Phi) is 6.77. The summed E-state index contributed by atoms with van der Waals surface area (Å²) in [6.45, 7) is 3.46. The van der Waals surface area contributed by atoms with Gasteiger partial charge in [0.05, 0.1) is 13.7 Å².